The summed E-state index contributed by atoms with van der Waals surface area (Å²) in [5, 5.41) is 4.07. The molecule has 1 N–H and O–H groups in total. The summed E-state index contributed by atoms with van der Waals surface area (Å²) in [5.74, 6) is -0.283. The molecule has 5 heteroatoms. The van der Waals surface area contributed by atoms with Gasteiger partial charge in [0.15, 0.2) is 0 Å². The number of nitrogens with one attached hydrogen (secondary N) is 1. The van der Waals surface area contributed by atoms with Crippen LogP contribution in [0.1, 0.15) is 18.9 Å². The first-order chi connectivity index (χ1) is 10.6. The van der Waals surface area contributed by atoms with Crippen LogP contribution in [-0.4, -0.2) is 29.3 Å². The Bertz CT molecular complexity index is 709. The number of pyridine rings is 1. The smallest absolute Gasteiger partial charge is 0.323 e. The quantitative estimate of drug-likeness (QED) is 0.872. The standard InChI is InChI=1S/C17H18N2O3/c1-11(20)14-8-15(19-9-14)17(21)22-10-13-5-2-4-12-6-3-7-18-16(12)13/h2-7,14-15,19H,8-10H2,1H3. The van der Waals surface area contributed by atoms with Gasteiger partial charge in [-0.3, -0.25) is 14.6 Å². The summed E-state index contributed by atoms with van der Waals surface area (Å²) in [6.45, 7) is 2.29. The van der Waals surface area contributed by atoms with Gasteiger partial charge in [-0.15, -0.1) is 0 Å². The first kappa shape index (κ1) is 14.7. The van der Waals surface area contributed by atoms with Gasteiger partial charge < -0.3 is 10.1 Å². The van der Waals surface area contributed by atoms with Crippen molar-refractivity contribution in [1.82, 2.24) is 10.3 Å². The number of carbonyl (C=O) groups excluding carboxylic acids is 2. The van der Waals surface area contributed by atoms with E-state index in [4.69, 9.17) is 4.74 Å². The molecule has 2 heterocycles. The van der Waals surface area contributed by atoms with E-state index in [9.17, 15) is 9.59 Å². The van der Waals surface area contributed by atoms with Gasteiger partial charge in [0, 0.05) is 29.6 Å². The SMILES string of the molecule is CC(=O)C1CNC(C(=O)OCc2cccc3cccnc23)C1. The summed E-state index contributed by atoms with van der Waals surface area (Å²) in [5.41, 5.74) is 1.73. The summed E-state index contributed by atoms with van der Waals surface area (Å²) >= 11 is 0. The molecule has 0 aliphatic carbocycles. The van der Waals surface area contributed by atoms with Crippen LogP contribution in [-0.2, 0) is 20.9 Å². The third kappa shape index (κ3) is 2.99. The van der Waals surface area contributed by atoms with E-state index < -0.39 is 6.04 Å². The summed E-state index contributed by atoms with van der Waals surface area (Å²) in [6, 6.07) is 9.27. The van der Waals surface area contributed by atoms with Gasteiger partial charge in [-0.1, -0.05) is 24.3 Å². The van der Waals surface area contributed by atoms with Gasteiger partial charge in [-0.05, 0) is 19.4 Å². The molecule has 3 rings (SSSR count). The zero-order valence-electron chi connectivity index (χ0n) is 12.4. The van der Waals surface area contributed by atoms with Crippen molar-refractivity contribution in [2.75, 3.05) is 6.54 Å². The number of hydrogen-bond donors (Lipinski definition) is 1. The van der Waals surface area contributed by atoms with Crippen molar-refractivity contribution < 1.29 is 14.3 Å². The number of aromatic nitrogens is 1. The molecule has 22 heavy (non-hydrogen) atoms. The second-order valence-corrected chi connectivity index (χ2v) is 5.60. The molecule has 2 unspecified atom stereocenters. The molecule has 1 aliphatic rings. The van der Waals surface area contributed by atoms with Crippen LogP contribution in [0.25, 0.3) is 10.9 Å². The number of esters is 1. The fourth-order valence-corrected chi connectivity index (χ4v) is 2.76. The maximum atomic E-state index is 12.1. The van der Waals surface area contributed by atoms with Crippen LogP contribution >= 0.6 is 0 Å². The zero-order chi connectivity index (χ0) is 15.5. The van der Waals surface area contributed by atoms with Crippen LogP contribution in [0.4, 0.5) is 0 Å². The molecule has 1 fully saturated rings. The highest BCUT2D eigenvalue weighted by Crippen LogP contribution is 2.19. The summed E-state index contributed by atoms with van der Waals surface area (Å²) in [4.78, 5) is 27.8. The molecule has 1 saturated heterocycles. The summed E-state index contributed by atoms with van der Waals surface area (Å²) in [7, 11) is 0. The lowest BCUT2D eigenvalue weighted by Gasteiger charge is -2.11. The third-order valence-electron chi connectivity index (χ3n) is 4.08. The lowest BCUT2D eigenvalue weighted by molar-refractivity contribution is -0.147. The molecule has 0 saturated carbocycles. The number of carbonyl (C=O) groups is 2. The third-order valence-corrected chi connectivity index (χ3v) is 4.08. The van der Waals surface area contributed by atoms with E-state index in [0.717, 1.165) is 16.5 Å². The van der Waals surface area contributed by atoms with Crippen molar-refractivity contribution in [2.24, 2.45) is 5.92 Å². The minimum absolute atomic E-state index is 0.0863. The van der Waals surface area contributed by atoms with Gasteiger partial charge >= 0.3 is 5.97 Å². The second kappa shape index (κ2) is 6.23. The van der Waals surface area contributed by atoms with E-state index >= 15 is 0 Å². The Labute approximate surface area is 128 Å². The van der Waals surface area contributed by atoms with E-state index in [1.165, 1.54) is 0 Å². The van der Waals surface area contributed by atoms with Crippen molar-refractivity contribution in [2.45, 2.75) is 26.0 Å². The molecule has 0 bridgehead atoms. The predicted octanol–water partition coefficient (Wildman–Crippen LogP) is 1.85. The molecule has 2 aromatic rings. The minimum Gasteiger partial charge on any atom is -0.460 e. The van der Waals surface area contributed by atoms with Crippen molar-refractivity contribution in [3.63, 3.8) is 0 Å². The fourth-order valence-electron chi connectivity index (χ4n) is 2.76. The molecule has 2 atom stereocenters. The van der Waals surface area contributed by atoms with Gasteiger partial charge in [0.2, 0.25) is 0 Å². The van der Waals surface area contributed by atoms with Gasteiger partial charge in [-0.25, -0.2) is 0 Å². The first-order valence-corrected chi connectivity index (χ1v) is 7.38. The average molecular weight is 298 g/mol. The zero-order valence-corrected chi connectivity index (χ0v) is 12.4. The van der Waals surface area contributed by atoms with Crippen LogP contribution in [0.3, 0.4) is 0 Å². The second-order valence-electron chi connectivity index (χ2n) is 5.60. The van der Waals surface area contributed by atoms with Crippen molar-refractivity contribution in [3.05, 3.63) is 42.1 Å². The normalized spacial score (nSPS) is 21.0. The Hall–Kier alpha value is -2.27. The van der Waals surface area contributed by atoms with Crippen molar-refractivity contribution in [3.8, 4) is 0 Å². The minimum atomic E-state index is -0.392. The van der Waals surface area contributed by atoms with Gasteiger partial charge in [0.25, 0.3) is 0 Å². The van der Waals surface area contributed by atoms with Gasteiger partial charge in [-0.2, -0.15) is 0 Å². The predicted molar refractivity (Wildman–Crippen MR) is 82.1 cm³/mol. The van der Waals surface area contributed by atoms with Crippen LogP contribution in [0.5, 0.6) is 0 Å². The van der Waals surface area contributed by atoms with Crippen LogP contribution in [0.15, 0.2) is 36.5 Å². The highest BCUT2D eigenvalue weighted by Gasteiger charge is 2.32. The summed E-state index contributed by atoms with van der Waals surface area (Å²) < 4.78 is 5.40. The van der Waals surface area contributed by atoms with Gasteiger partial charge in [0.05, 0.1) is 5.52 Å². The molecular formula is C17H18N2O3. The number of fused-ring (bicyclic) bond motifs is 1. The van der Waals surface area contributed by atoms with E-state index in [1.807, 2.05) is 30.3 Å². The molecule has 5 nitrogen and oxygen atoms in total. The molecule has 1 aromatic carbocycles. The number of ketones is 1. The number of rotatable bonds is 4. The van der Waals surface area contributed by atoms with Gasteiger partial charge in [0.1, 0.15) is 18.4 Å². The number of ether oxygens (including phenoxy) is 1. The molecular weight excluding hydrogens is 280 g/mol. The Morgan fingerprint density at radius 1 is 1.32 bits per heavy atom. The Morgan fingerprint density at radius 3 is 2.91 bits per heavy atom. The van der Waals surface area contributed by atoms with Crippen LogP contribution < -0.4 is 5.32 Å². The fraction of sp³-hybridized carbons (Fsp3) is 0.353. The largest absolute Gasteiger partial charge is 0.460 e. The topological polar surface area (TPSA) is 68.3 Å². The van der Waals surface area contributed by atoms with Crippen molar-refractivity contribution in [1.29, 1.82) is 0 Å². The monoisotopic (exact) mass is 298 g/mol. The number of hydrogen-bond acceptors (Lipinski definition) is 5. The lowest BCUT2D eigenvalue weighted by atomic mass is 10.0. The molecule has 1 aliphatic heterocycles. The first-order valence-electron chi connectivity index (χ1n) is 7.38. The molecule has 0 amide bonds. The number of nitrogens with zero attached hydrogens (tertiary/aromatic N) is 1. The molecule has 114 valence electrons. The molecule has 0 spiro atoms. The number of Topliss-reactive ketones (excluding diaryl/α,β-unsaturated/α-hetero) is 1. The highest BCUT2D eigenvalue weighted by molar-refractivity contribution is 5.83. The Morgan fingerprint density at radius 2 is 2.14 bits per heavy atom. The maximum Gasteiger partial charge on any atom is 0.323 e. The Balaban J connectivity index is 1.65. The lowest BCUT2D eigenvalue weighted by Crippen LogP contribution is -2.32. The van der Waals surface area contributed by atoms with E-state index in [1.54, 1.807) is 13.1 Å². The van der Waals surface area contributed by atoms with E-state index in [2.05, 4.69) is 10.3 Å². The maximum absolute atomic E-state index is 12.1. The van der Waals surface area contributed by atoms with Crippen LogP contribution in [0.2, 0.25) is 0 Å². The van der Waals surface area contributed by atoms with Crippen molar-refractivity contribution >= 4 is 22.7 Å². The highest BCUT2D eigenvalue weighted by atomic mass is 16.5. The molecule has 1 aromatic heterocycles. The van der Waals surface area contributed by atoms with E-state index in [0.29, 0.717) is 13.0 Å². The molecule has 0 radical (unpaired) electrons. The number of para-hydroxylation sites is 1. The average Bonchev–Trinajstić information content (AvgIpc) is 3.03. The Kier molecular flexibility index (Phi) is 4.15. The van der Waals surface area contributed by atoms with E-state index in [-0.39, 0.29) is 24.3 Å². The number of benzene rings is 1. The summed E-state index contributed by atoms with van der Waals surface area (Å²) in [6.07, 6.45) is 2.24. The van der Waals surface area contributed by atoms with Crippen LogP contribution in [0, 0.1) is 5.92 Å².